The minimum absolute atomic E-state index is 0.0821. The highest BCUT2D eigenvalue weighted by Crippen LogP contribution is 2.38. The van der Waals surface area contributed by atoms with Crippen molar-refractivity contribution in [2.45, 2.75) is 45.6 Å². The summed E-state index contributed by atoms with van der Waals surface area (Å²) in [5, 5.41) is 0. The van der Waals surface area contributed by atoms with E-state index in [0.717, 1.165) is 42.8 Å². The first-order valence-electron chi connectivity index (χ1n) is 10.1. The molecule has 27 heavy (non-hydrogen) atoms. The summed E-state index contributed by atoms with van der Waals surface area (Å²) in [5.41, 5.74) is 4.00. The van der Waals surface area contributed by atoms with Gasteiger partial charge < -0.3 is 4.57 Å². The van der Waals surface area contributed by atoms with Crippen LogP contribution in [0.2, 0.25) is 0 Å². The molecule has 0 amide bonds. The fraction of sp³-hybridized carbons (Fsp3) is 0.478. The number of hydrogen-bond donors (Lipinski definition) is 0. The number of likely N-dealkylation sites (tertiary alicyclic amines) is 1. The smallest absolute Gasteiger partial charge is 0.178 e. The Balaban J connectivity index is 1.35. The average Bonchev–Trinajstić information content (AvgIpc) is 3.47. The predicted molar refractivity (Wildman–Crippen MR) is 106 cm³/mol. The summed E-state index contributed by atoms with van der Waals surface area (Å²) >= 11 is 0. The van der Waals surface area contributed by atoms with Gasteiger partial charge in [0.15, 0.2) is 11.6 Å². The van der Waals surface area contributed by atoms with Gasteiger partial charge in [0.25, 0.3) is 0 Å². The van der Waals surface area contributed by atoms with Crippen molar-refractivity contribution in [3.63, 3.8) is 0 Å². The molecule has 0 spiro atoms. The average molecular weight is 364 g/mol. The van der Waals surface area contributed by atoms with E-state index in [4.69, 9.17) is 0 Å². The van der Waals surface area contributed by atoms with E-state index in [2.05, 4.69) is 29.4 Å². The predicted octanol–water partition coefficient (Wildman–Crippen LogP) is 4.22. The van der Waals surface area contributed by atoms with Gasteiger partial charge in [-0.05, 0) is 58.7 Å². The quantitative estimate of drug-likeness (QED) is 0.721. The third kappa shape index (κ3) is 3.77. The zero-order valence-corrected chi connectivity index (χ0v) is 16.3. The normalized spacial score (nSPS) is 18.6. The summed E-state index contributed by atoms with van der Waals surface area (Å²) in [7, 11) is 0. The van der Waals surface area contributed by atoms with Crippen LogP contribution in [0.15, 0.2) is 36.4 Å². The van der Waals surface area contributed by atoms with Crippen molar-refractivity contribution < 1.29 is 9.59 Å². The number of aryl methyl sites for hydroxylation is 1. The first-order valence-corrected chi connectivity index (χ1v) is 10.1. The van der Waals surface area contributed by atoms with Crippen molar-refractivity contribution >= 4 is 11.6 Å². The molecule has 2 aliphatic rings. The molecule has 1 aromatic heterocycles. The zero-order chi connectivity index (χ0) is 19.0. The number of aromatic nitrogens is 1. The van der Waals surface area contributed by atoms with Crippen molar-refractivity contribution in [3.05, 3.63) is 58.9 Å². The van der Waals surface area contributed by atoms with Crippen LogP contribution in [-0.4, -0.2) is 40.7 Å². The molecule has 0 bridgehead atoms. The molecule has 0 atom stereocenters. The number of piperidine rings is 1. The van der Waals surface area contributed by atoms with Crippen molar-refractivity contribution in [2.75, 3.05) is 19.6 Å². The molecule has 2 fully saturated rings. The van der Waals surface area contributed by atoms with Crippen LogP contribution in [-0.2, 0) is 0 Å². The zero-order valence-electron chi connectivity index (χ0n) is 16.3. The molecule has 1 saturated carbocycles. The Morgan fingerprint density at radius 3 is 2.30 bits per heavy atom. The first kappa shape index (κ1) is 18.2. The molecule has 1 aliphatic heterocycles. The van der Waals surface area contributed by atoms with E-state index in [9.17, 15) is 9.59 Å². The Hall–Kier alpha value is -2.20. The SMILES string of the molecule is Cc1cc(C(=O)CN2CCC(C(=O)c3ccccc3)CC2)c(C)n1C1CC1. The number of nitrogens with zero attached hydrogens (tertiary/aromatic N) is 2. The Bertz CT molecular complexity index is 841. The fourth-order valence-electron chi connectivity index (χ4n) is 4.43. The van der Waals surface area contributed by atoms with Crippen molar-refractivity contribution in [2.24, 2.45) is 5.92 Å². The third-order valence-corrected chi connectivity index (χ3v) is 6.08. The third-order valence-electron chi connectivity index (χ3n) is 6.08. The summed E-state index contributed by atoms with van der Waals surface area (Å²) in [6, 6.07) is 12.2. The van der Waals surface area contributed by atoms with Gasteiger partial charge >= 0.3 is 0 Å². The summed E-state index contributed by atoms with van der Waals surface area (Å²) in [5.74, 6) is 0.538. The van der Waals surface area contributed by atoms with Gasteiger partial charge in [0.05, 0.1) is 6.54 Å². The number of hydrogen-bond acceptors (Lipinski definition) is 3. The first-order chi connectivity index (χ1) is 13.0. The second kappa shape index (κ2) is 7.43. The van der Waals surface area contributed by atoms with Gasteiger partial charge in [-0.3, -0.25) is 14.5 Å². The van der Waals surface area contributed by atoms with E-state index >= 15 is 0 Å². The number of ketones is 2. The number of rotatable bonds is 6. The molecule has 0 unspecified atom stereocenters. The number of benzene rings is 1. The van der Waals surface area contributed by atoms with Crippen LogP contribution in [0, 0.1) is 19.8 Å². The number of Topliss-reactive ketones (excluding diaryl/α,β-unsaturated/α-hetero) is 2. The molecule has 1 saturated heterocycles. The van der Waals surface area contributed by atoms with Gasteiger partial charge in [0, 0.05) is 34.5 Å². The van der Waals surface area contributed by atoms with Crippen LogP contribution in [0.1, 0.15) is 63.8 Å². The molecule has 2 heterocycles. The van der Waals surface area contributed by atoms with Crippen LogP contribution in [0.4, 0.5) is 0 Å². The lowest BCUT2D eigenvalue weighted by Gasteiger charge is -2.30. The maximum Gasteiger partial charge on any atom is 0.178 e. The van der Waals surface area contributed by atoms with E-state index in [0.29, 0.717) is 12.6 Å². The molecule has 142 valence electrons. The topological polar surface area (TPSA) is 42.3 Å². The van der Waals surface area contributed by atoms with E-state index in [1.54, 1.807) is 0 Å². The Morgan fingerprint density at radius 2 is 1.67 bits per heavy atom. The molecular weight excluding hydrogens is 336 g/mol. The molecule has 4 rings (SSSR count). The standard InChI is InChI=1S/C23H28N2O2/c1-16-14-21(17(2)25(16)20-8-9-20)22(26)15-24-12-10-19(11-13-24)23(27)18-6-4-3-5-7-18/h3-7,14,19-20H,8-13,15H2,1-2H3. The van der Waals surface area contributed by atoms with Gasteiger partial charge in [-0.2, -0.15) is 0 Å². The highest BCUT2D eigenvalue weighted by molar-refractivity contribution is 5.99. The Labute approximate surface area is 161 Å². The highest BCUT2D eigenvalue weighted by atomic mass is 16.1. The van der Waals surface area contributed by atoms with Gasteiger partial charge in [0.2, 0.25) is 0 Å². The molecule has 1 aromatic carbocycles. The minimum Gasteiger partial charge on any atom is -0.345 e. The van der Waals surface area contributed by atoms with Gasteiger partial charge in [0.1, 0.15) is 0 Å². The Kier molecular flexibility index (Phi) is 5.00. The molecule has 4 heteroatoms. The molecule has 4 nitrogen and oxygen atoms in total. The lowest BCUT2D eigenvalue weighted by atomic mass is 9.89. The lowest BCUT2D eigenvalue weighted by Crippen LogP contribution is -2.39. The second-order valence-electron chi connectivity index (χ2n) is 8.09. The lowest BCUT2D eigenvalue weighted by molar-refractivity contribution is 0.0805. The molecular formula is C23H28N2O2. The fourth-order valence-corrected chi connectivity index (χ4v) is 4.43. The van der Waals surface area contributed by atoms with Crippen LogP contribution < -0.4 is 0 Å². The van der Waals surface area contributed by atoms with Crippen LogP contribution in [0.25, 0.3) is 0 Å². The Morgan fingerprint density at radius 1 is 1.00 bits per heavy atom. The summed E-state index contributed by atoms with van der Waals surface area (Å²) in [6.07, 6.45) is 4.13. The molecule has 0 radical (unpaired) electrons. The van der Waals surface area contributed by atoms with Crippen LogP contribution >= 0.6 is 0 Å². The van der Waals surface area contributed by atoms with E-state index < -0.39 is 0 Å². The van der Waals surface area contributed by atoms with Crippen molar-refractivity contribution in [1.82, 2.24) is 9.47 Å². The van der Waals surface area contributed by atoms with Crippen LogP contribution in [0.5, 0.6) is 0 Å². The van der Waals surface area contributed by atoms with E-state index in [1.165, 1.54) is 18.5 Å². The van der Waals surface area contributed by atoms with Gasteiger partial charge in [-0.25, -0.2) is 0 Å². The second-order valence-corrected chi connectivity index (χ2v) is 8.09. The van der Waals surface area contributed by atoms with Crippen molar-refractivity contribution in [3.8, 4) is 0 Å². The molecule has 0 N–H and O–H groups in total. The summed E-state index contributed by atoms with van der Waals surface area (Å²) in [4.78, 5) is 27.7. The monoisotopic (exact) mass is 364 g/mol. The summed E-state index contributed by atoms with van der Waals surface area (Å²) in [6.45, 7) is 6.26. The maximum atomic E-state index is 12.9. The molecule has 2 aromatic rings. The highest BCUT2D eigenvalue weighted by Gasteiger charge is 2.30. The number of carbonyl (C=O) groups excluding carboxylic acids is 2. The largest absolute Gasteiger partial charge is 0.345 e. The maximum absolute atomic E-state index is 12.9. The minimum atomic E-state index is 0.0821. The van der Waals surface area contributed by atoms with E-state index in [1.807, 2.05) is 30.3 Å². The molecule has 1 aliphatic carbocycles. The van der Waals surface area contributed by atoms with Gasteiger partial charge in [-0.1, -0.05) is 30.3 Å². The number of carbonyl (C=O) groups is 2. The summed E-state index contributed by atoms with van der Waals surface area (Å²) < 4.78 is 2.33. The van der Waals surface area contributed by atoms with E-state index in [-0.39, 0.29) is 17.5 Å². The van der Waals surface area contributed by atoms with Crippen LogP contribution in [0.3, 0.4) is 0 Å². The van der Waals surface area contributed by atoms with Crippen molar-refractivity contribution in [1.29, 1.82) is 0 Å². The van der Waals surface area contributed by atoms with Gasteiger partial charge in [-0.15, -0.1) is 0 Å².